The normalized spacial score (nSPS) is 11.0. The number of benzene rings is 1. The number of carboxylic acids is 1. The Balaban J connectivity index is 2.66. The van der Waals surface area contributed by atoms with Crippen LogP contribution in [0.5, 0.6) is 0 Å². The van der Waals surface area contributed by atoms with Crippen LogP contribution in [-0.2, 0) is 9.59 Å². The Hall–Kier alpha value is -2.17. The standard InChI is InChI=1S/C16H20FNO3/c1-12(2)18(10-4-7-16(20)21)15(19)9-8-13-5-3-6-14(17)11-13/h3,5-6,8-9,11-12H,4,7,10H2,1-2H3,(H,20,21)/b9-8+. The van der Waals surface area contributed by atoms with Gasteiger partial charge in [0.1, 0.15) is 5.82 Å². The number of rotatable bonds is 7. The van der Waals surface area contributed by atoms with E-state index in [1.54, 1.807) is 23.1 Å². The second kappa shape index (κ2) is 8.19. The van der Waals surface area contributed by atoms with Crippen molar-refractivity contribution in [1.82, 2.24) is 4.90 Å². The van der Waals surface area contributed by atoms with Gasteiger partial charge in [-0.3, -0.25) is 9.59 Å². The third-order valence-electron chi connectivity index (χ3n) is 2.96. The number of hydrogen-bond donors (Lipinski definition) is 1. The largest absolute Gasteiger partial charge is 0.481 e. The van der Waals surface area contributed by atoms with Gasteiger partial charge in [-0.15, -0.1) is 0 Å². The molecule has 1 aromatic rings. The highest BCUT2D eigenvalue weighted by atomic mass is 19.1. The summed E-state index contributed by atoms with van der Waals surface area (Å²) in [4.78, 5) is 24.2. The van der Waals surface area contributed by atoms with Crippen molar-refractivity contribution in [3.8, 4) is 0 Å². The number of nitrogens with zero attached hydrogens (tertiary/aromatic N) is 1. The van der Waals surface area contributed by atoms with E-state index in [0.717, 1.165) is 0 Å². The van der Waals surface area contributed by atoms with E-state index in [9.17, 15) is 14.0 Å². The average molecular weight is 293 g/mol. The van der Waals surface area contributed by atoms with Crippen molar-refractivity contribution in [1.29, 1.82) is 0 Å². The lowest BCUT2D eigenvalue weighted by molar-refractivity contribution is -0.138. The summed E-state index contributed by atoms with van der Waals surface area (Å²) in [7, 11) is 0. The monoisotopic (exact) mass is 293 g/mol. The summed E-state index contributed by atoms with van der Waals surface area (Å²) in [5.74, 6) is -1.44. The van der Waals surface area contributed by atoms with Crippen LogP contribution in [0.15, 0.2) is 30.3 Å². The molecule has 21 heavy (non-hydrogen) atoms. The first-order valence-electron chi connectivity index (χ1n) is 6.86. The molecule has 0 aliphatic rings. The lowest BCUT2D eigenvalue weighted by atomic mass is 10.2. The van der Waals surface area contributed by atoms with Gasteiger partial charge in [0.25, 0.3) is 0 Å². The van der Waals surface area contributed by atoms with E-state index in [-0.39, 0.29) is 24.2 Å². The molecule has 0 unspecified atom stereocenters. The SMILES string of the molecule is CC(C)N(CCCC(=O)O)C(=O)/C=C/c1cccc(F)c1. The minimum Gasteiger partial charge on any atom is -0.481 e. The molecular weight excluding hydrogens is 273 g/mol. The van der Waals surface area contributed by atoms with Crippen molar-refractivity contribution in [3.05, 3.63) is 41.7 Å². The van der Waals surface area contributed by atoms with Gasteiger partial charge >= 0.3 is 5.97 Å². The fourth-order valence-electron chi connectivity index (χ4n) is 1.90. The molecule has 0 fully saturated rings. The van der Waals surface area contributed by atoms with Crippen molar-refractivity contribution in [2.45, 2.75) is 32.7 Å². The first-order chi connectivity index (χ1) is 9.90. The van der Waals surface area contributed by atoms with Crippen LogP contribution in [0.2, 0.25) is 0 Å². The van der Waals surface area contributed by atoms with Crippen molar-refractivity contribution in [3.63, 3.8) is 0 Å². The lowest BCUT2D eigenvalue weighted by Crippen LogP contribution is -2.36. The molecule has 5 heteroatoms. The number of carbonyl (C=O) groups excluding carboxylic acids is 1. The number of amides is 1. The van der Waals surface area contributed by atoms with Gasteiger partial charge in [0.05, 0.1) is 0 Å². The summed E-state index contributed by atoms with van der Waals surface area (Å²) in [5, 5.41) is 8.63. The molecule has 0 heterocycles. The lowest BCUT2D eigenvalue weighted by Gasteiger charge is -2.25. The van der Waals surface area contributed by atoms with Crippen molar-refractivity contribution >= 4 is 18.0 Å². The first kappa shape index (κ1) is 16.9. The summed E-state index contributed by atoms with van der Waals surface area (Å²) in [5.41, 5.74) is 0.609. The predicted octanol–water partition coefficient (Wildman–Crippen LogP) is 2.94. The summed E-state index contributed by atoms with van der Waals surface area (Å²) in [6.07, 6.45) is 3.38. The molecule has 0 aliphatic heterocycles. The van der Waals surface area contributed by atoms with E-state index in [2.05, 4.69) is 0 Å². The Morgan fingerprint density at radius 3 is 2.67 bits per heavy atom. The third-order valence-corrected chi connectivity index (χ3v) is 2.96. The maximum Gasteiger partial charge on any atom is 0.303 e. The molecule has 0 radical (unpaired) electrons. The fraction of sp³-hybridized carbons (Fsp3) is 0.375. The molecule has 1 amide bonds. The molecule has 1 rings (SSSR count). The van der Waals surface area contributed by atoms with E-state index in [1.807, 2.05) is 13.8 Å². The highest BCUT2D eigenvalue weighted by molar-refractivity contribution is 5.92. The summed E-state index contributed by atoms with van der Waals surface area (Å²) >= 11 is 0. The molecule has 114 valence electrons. The van der Waals surface area contributed by atoms with Crippen LogP contribution in [-0.4, -0.2) is 34.5 Å². The van der Waals surface area contributed by atoms with Crippen molar-refractivity contribution in [2.24, 2.45) is 0 Å². The number of halogens is 1. The van der Waals surface area contributed by atoms with Gasteiger partial charge < -0.3 is 10.0 Å². The van der Waals surface area contributed by atoms with Crippen LogP contribution < -0.4 is 0 Å². The number of aliphatic carboxylic acids is 1. The molecule has 0 atom stereocenters. The Bertz CT molecular complexity index is 526. The fourth-order valence-corrected chi connectivity index (χ4v) is 1.90. The number of hydrogen-bond acceptors (Lipinski definition) is 2. The van der Waals surface area contributed by atoms with Gasteiger partial charge in [0, 0.05) is 25.1 Å². The molecule has 0 saturated heterocycles. The van der Waals surface area contributed by atoms with Crippen LogP contribution in [0, 0.1) is 5.82 Å². The van der Waals surface area contributed by atoms with Gasteiger partial charge in [-0.05, 0) is 44.0 Å². The summed E-state index contributed by atoms with van der Waals surface area (Å²) < 4.78 is 13.0. The molecule has 4 nitrogen and oxygen atoms in total. The second-order valence-electron chi connectivity index (χ2n) is 5.01. The summed E-state index contributed by atoms with van der Waals surface area (Å²) in [6.45, 7) is 4.12. The van der Waals surface area contributed by atoms with E-state index >= 15 is 0 Å². The Labute approximate surface area is 123 Å². The first-order valence-corrected chi connectivity index (χ1v) is 6.86. The van der Waals surface area contributed by atoms with Crippen LogP contribution in [0.25, 0.3) is 6.08 Å². The zero-order valence-electron chi connectivity index (χ0n) is 12.3. The minimum atomic E-state index is -0.874. The van der Waals surface area contributed by atoms with Gasteiger partial charge in [0.15, 0.2) is 0 Å². The summed E-state index contributed by atoms with van der Waals surface area (Å²) in [6, 6.07) is 5.94. The Morgan fingerprint density at radius 1 is 1.38 bits per heavy atom. The smallest absolute Gasteiger partial charge is 0.303 e. The maximum absolute atomic E-state index is 13.0. The van der Waals surface area contributed by atoms with E-state index in [0.29, 0.717) is 18.5 Å². The maximum atomic E-state index is 13.0. The second-order valence-corrected chi connectivity index (χ2v) is 5.01. The van der Waals surface area contributed by atoms with Gasteiger partial charge in [-0.25, -0.2) is 4.39 Å². The minimum absolute atomic E-state index is 0.0246. The average Bonchev–Trinajstić information content (AvgIpc) is 2.40. The Kier molecular flexibility index (Phi) is 6.59. The van der Waals surface area contributed by atoms with Crippen molar-refractivity contribution < 1.29 is 19.1 Å². The van der Waals surface area contributed by atoms with Crippen LogP contribution in [0.1, 0.15) is 32.3 Å². The predicted molar refractivity (Wildman–Crippen MR) is 79.2 cm³/mol. The zero-order chi connectivity index (χ0) is 15.8. The Morgan fingerprint density at radius 2 is 2.10 bits per heavy atom. The highest BCUT2D eigenvalue weighted by Gasteiger charge is 2.14. The van der Waals surface area contributed by atoms with Crippen LogP contribution in [0.4, 0.5) is 4.39 Å². The van der Waals surface area contributed by atoms with Gasteiger partial charge in [-0.1, -0.05) is 12.1 Å². The molecule has 1 aromatic carbocycles. The van der Waals surface area contributed by atoms with E-state index in [4.69, 9.17) is 5.11 Å². The molecule has 0 spiro atoms. The third kappa shape index (κ3) is 6.21. The van der Waals surface area contributed by atoms with Gasteiger partial charge in [-0.2, -0.15) is 0 Å². The van der Waals surface area contributed by atoms with E-state index in [1.165, 1.54) is 18.2 Å². The zero-order valence-corrected chi connectivity index (χ0v) is 12.3. The molecule has 0 bridgehead atoms. The van der Waals surface area contributed by atoms with Crippen LogP contribution >= 0.6 is 0 Å². The van der Waals surface area contributed by atoms with Gasteiger partial charge in [0.2, 0.25) is 5.91 Å². The topological polar surface area (TPSA) is 57.6 Å². The molecule has 0 saturated carbocycles. The van der Waals surface area contributed by atoms with Crippen LogP contribution in [0.3, 0.4) is 0 Å². The highest BCUT2D eigenvalue weighted by Crippen LogP contribution is 2.08. The number of carbonyl (C=O) groups is 2. The van der Waals surface area contributed by atoms with Crippen molar-refractivity contribution in [2.75, 3.05) is 6.54 Å². The molecular formula is C16H20FNO3. The number of carboxylic acid groups (broad SMARTS) is 1. The quantitative estimate of drug-likeness (QED) is 0.786. The van der Waals surface area contributed by atoms with E-state index < -0.39 is 5.97 Å². The molecule has 1 N–H and O–H groups in total. The molecule has 0 aromatic heterocycles. The molecule has 0 aliphatic carbocycles.